The average Bonchev–Trinajstić information content (AvgIpc) is 2.58. The fraction of sp³-hybridized carbons (Fsp3) is 0.111. The Bertz CT molecular complexity index is 353. The molecular weight excluding hydrogens is 239 g/mol. The number of hydrogen-bond acceptors (Lipinski definition) is 2. The van der Waals surface area contributed by atoms with Crippen LogP contribution in [-0.2, 0) is 32.7 Å². The first-order valence-electron chi connectivity index (χ1n) is 3.71. The van der Waals surface area contributed by atoms with E-state index in [1.165, 1.54) is 0 Å². The predicted molar refractivity (Wildman–Crippen MR) is 45.4 cm³/mol. The topological polar surface area (TPSA) is 41.6 Å². The van der Waals surface area contributed by atoms with Crippen molar-refractivity contribution in [1.82, 2.24) is 15.0 Å². The second-order valence-electron chi connectivity index (χ2n) is 2.57. The Kier molecular flexibility index (Phi) is 3.76. The molecule has 0 bridgehead atoms. The smallest absolute Gasteiger partial charge is 0.0371 e. The third kappa shape index (κ3) is 2.45. The fourth-order valence-electron chi connectivity index (χ4n) is 0.986. The summed E-state index contributed by atoms with van der Waals surface area (Å²) in [6.07, 6.45) is 6.18. The van der Waals surface area contributed by atoms with E-state index >= 15 is 0 Å². The van der Waals surface area contributed by atoms with Gasteiger partial charge >= 0.3 is 0 Å². The van der Waals surface area contributed by atoms with E-state index in [1.54, 1.807) is 12.4 Å². The first kappa shape index (κ1) is 10.5. The van der Waals surface area contributed by atoms with E-state index in [0.29, 0.717) is 0 Å². The van der Waals surface area contributed by atoms with Crippen molar-refractivity contribution in [3.05, 3.63) is 36.4 Å². The van der Waals surface area contributed by atoms with Gasteiger partial charge in [0.05, 0.1) is 0 Å². The molecule has 3 nitrogen and oxygen atoms in total. The van der Waals surface area contributed by atoms with E-state index in [1.807, 2.05) is 19.1 Å². The van der Waals surface area contributed by atoms with Gasteiger partial charge in [0.15, 0.2) is 0 Å². The second-order valence-corrected chi connectivity index (χ2v) is 2.57. The van der Waals surface area contributed by atoms with Crippen LogP contribution in [-0.4, -0.2) is 15.0 Å². The molecule has 0 aliphatic heterocycles. The molecule has 2 heterocycles. The molecule has 0 aliphatic rings. The zero-order chi connectivity index (χ0) is 8.39. The van der Waals surface area contributed by atoms with Crippen LogP contribution in [0, 0.1) is 13.1 Å². The predicted octanol–water partition coefficient (Wildman–Crippen LogP) is 1.58. The summed E-state index contributed by atoms with van der Waals surface area (Å²) in [5.41, 5.74) is 2.00. The largest absolute Gasteiger partial charge is 0.438 e. The molecule has 4 heteroatoms. The van der Waals surface area contributed by atoms with E-state index in [9.17, 15) is 0 Å². The molecule has 0 spiro atoms. The molecule has 0 unspecified atom stereocenters. The van der Waals surface area contributed by atoms with Crippen LogP contribution in [0.15, 0.2) is 24.5 Å². The van der Waals surface area contributed by atoms with Gasteiger partial charge in [0.25, 0.3) is 0 Å². The van der Waals surface area contributed by atoms with E-state index in [-0.39, 0.29) is 32.7 Å². The second kappa shape index (κ2) is 4.63. The van der Waals surface area contributed by atoms with Crippen LogP contribution in [0.2, 0.25) is 0 Å². The van der Waals surface area contributed by atoms with E-state index in [0.717, 1.165) is 17.1 Å². The minimum absolute atomic E-state index is 0. The SMILES string of the molecule is Cc1ccc(-c2n[c-]c[nH]2)cn1.[Y]. The van der Waals surface area contributed by atoms with Crippen molar-refractivity contribution in [3.8, 4) is 11.4 Å². The fourth-order valence-corrected chi connectivity index (χ4v) is 0.986. The molecule has 13 heavy (non-hydrogen) atoms. The minimum atomic E-state index is 0. The molecule has 0 amide bonds. The van der Waals surface area contributed by atoms with Crippen molar-refractivity contribution < 1.29 is 32.7 Å². The maximum absolute atomic E-state index is 4.16. The van der Waals surface area contributed by atoms with Gasteiger partial charge in [-0.15, -0.1) is 6.20 Å². The van der Waals surface area contributed by atoms with Crippen molar-refractivity contribution in [2.45, 2.75) is 6.92 Å². The van der Waals surface area contributed by atoms with Gasteiger partial charge in [-0.05, 0) is 24.4 Å². The zero-order valence-electron chi connectivity index (χ0n) is 7.28. The molecule has 0 fully saturated rings. The summed E-state index contributed by atoms with van der Waals surface area (Å²) in [5, 5.41) is 0. The Balaban J connectivity index is 0.000000845. The first-order chi connectivity index (χ1) is 5.86. The minimum Gasteiger partial charge on any atom is -0.438 e. The monoisotopic (exact) mass is 247 g/mol. The summed E-state index contributed by atoms with van der Waals surface area (Å²) in [4.78, 5) is 11.1. The molecule has 0 aliphatic carbocycles. The number of hydrogen-bond donors (Lipinski definition) is 1. The van der Waals surface area contributed by atoms with Gasteiger partial charge < -0.3 is 9.97 Å². The van der Waals surface area contributed by atoms with Crippen LogP contribution in [0.4, 0.5) is 0 Å². The summed E-state index contributed by atoms with van der Waals surface area (Å²) in [6.45, 7) is 1.96. The number of pyridine rings is 1. The van der Waals surface area contributed by atoms with Crippen molar-refractivity contribution in [2.24, 2.45) is 0 Å². The van der Waals surface area contributed by atoms with Crippen molar-refractivity contribution in [1.29, 1.82) is 0 Å². The Labute approximate surface area is 102 Å². The number of aryl methyl sites for hydroxylation is 1. The average molecular weight is 247 g/mol. The molecule has 0 atom stereocenters. The van der Waals surface area contributed by atoms with Gasteiger partial charge in [-0.3, -0.25) is 4.98 Å². The third-order valence-corrected chi connectivity index (χ3v) is 1.63. The number of aromatic amines is 1. The molecule has 63 valence electrons. The molecule has 0 aromatic carbocycles. The van der Waals surface area contributed by atoms with Crippen LogP contribution in [0.5, 0.6) is 0 Å². The molecule has 2 rings (SSSR count). The van der Waals surface area contributed by atoms with Crippen molar-refractivity contribution in [2.75, 3.05) is 0 Å². The summed E-state index contributed by atoms with van der Waals surface area (Å²) in [7, 11) is 0. The van der Waals surface area contributed by atoms with Crippen LogP contribution in [0.3, 0.4) is 0 Å². The van der Waals surface area contributed by atoms with Crippen LogP contribution in [0.25, 0.3) is 11.4 Å². The molecule has 0 saturated heterocycles. The van der Waals surface area contributed by atoms with Gasteiger partial charge in [0.2, 0.25) is 0 Å². The quantitative estimate of drug-likeness (QED) is 0.777. The summed E-state index contributed by atoms with van der Waals surface area (Å²) < 4.78 is 0. The maximum atomic E-state index is 4.16. The maximum Gasteiger partial charge on any atom is 0.0371 e. The molecular formula is C9H8N3Y-. The summed E-state index contributed by atoms with van der Waals surface area (Å²) in [5.74, 6) is 0.808. The number of aromatic nitrogens is 3. The first-order valence-corrected chi connectivity index (χ1v) is 3.71. The Hall–Kier alpha value is -0.536. The van der Waals surface area contributed by atoms with E-state index < -0.39 is 0 Å². The molecule has 2 aromatic heterocycles. The van der Waals surface area contributed by atoms with Crippen LogP contribution < -0.4 is 0 Å². The van der Waals surface area contributed by atoms with Crippen LogP contribution in [0.1, 0.15) is 5.69 Å². The number of imidazole rings is 1. The van der Waals surface area contributed by atoms with Gasteiger partial charge in [-0.25, -0.2) is 0 Å². The number of nitrogens with one attached hydrogen (secondary N) is 1. The Morgan fingerprint density at radius 3 is 2.77 bits per heavy atom. The Morgan fingerprint density at radius 1 is 1.38 bits per heavy atom. The standard InChI is InChI=1S/C9H8N3.Y/c1-7-2-3-8(6-12-7)9-10-4-5-11-9;/h2-4,6H,1H3,(H,10,11);/q-1;. The summed E-state index contributed by atoms with van der Waals surface area (Å²) in [6, 6.07) is 3.94. The summed E-state index contributed by atoms with van der Waals surface area (Å²) >= 11 is 0. The molecule has 2 aromatic rings. The van der Waals surface area contributed by atoms with E-state index in [4.69, 9.17) is 0 Å². The molecule has 0 saturated carbocycles. The van der Waals surface area contributed by atoms with Gasteiger partial charge in [0.1, 0.15) is 0 Å². The van der Waals surface area contributed by atoms with Gasteiger partial charge in [-0.1, -0.05) is 12.3 Å². The molecule has 1 radical (unpaired) electrons. The number of H-pyrrole nitrogens is 1. The van der Waals surface area contributed by atoms with Crippen molar-refractivity contribution in [3.63, 3.8) is 0 Å². The zero-order valence-corrected chi connectivity index (χ0v) is 10.1. The third-order valence-electron chi connectivity index (χ3n) is 1.63. The van der Waals surface area contributed by atoms with Crippen LogP contribution >= 0.6 is 0 Å². The number of nitrogens with zero attached hydrogens (tertiary/aromatic N) is 2. The molecule has 1 N–H and O–H groups in total. The number of rotatable bonds is 1. The van der Waals surface area contributed by atoms with E-state index in [2.05, 4.69) is 21.1 Å². The van der Waals surface area contributed by atoms with Gasteiger partial charge in [0, 0.05) is 44.6 Å². The Morgan fingerprint density at radius 2 is 2.23 bits per heavy atom. The normalized spacial score (nSPS) is 9.31. The van der Waals surface area contributed by atoms with Gasteiger partial charge in [-0.2, -0.15) is 0 Å². The van der Waals surface area contributed by atoms with Crippen molar-refractivity contribution >= 4 is 0 Å².